The van der Waals surface area contributed by atoms with Crippen molar-refractivity contribution in [3.8, 4) is 0 Å². The van der Waals surface area contributed by atoms with Gasteiger partial charge in [-0.15, -0.1) is 24.0 Å². The summed E-state index contributed by atoms with van der Waals surface area (Å²) in [4.78, 5) is 7.39. The summed E-state index contributed by atoms with van der Waals surface area (Å²) in [6, 6.07) is 0. The van der Waals surface area contributed by atoms with Gasteiger partial charge in [-0.1, -0.05) is 12.8 Å². The highest BCUT2D eigenvalue weighted by molar-refractivity contribution is 14.0. The number of halogens is 1. The van der Waals surface area contributed by atoms with E-state index in [1.807, 2.05) is 0 Å². The second-order valence-electron chi connectivity index (χ2n) is 6.39. The zero-order chi connectivity index (χ0) is 15.5. The van der Waals surface area contributed by atoms with Crippen LogP contribution in [0.5, 0.6) is 0 Å². The molecule has 0 saturated carbocycles. The van der Waals surface area contributed by atoms with Crippen molar-refractivity contribution in [2.24, 2.45) is 4.99 Å². The van der Waals surface area contributed by atoms with E-state index in [0.717, 1.165) is 30.8 Å². The fourth-order valence-corrected chi connectivity index (χ4v) is 4.37. The Hall–Kier alpha value is 0.310. The van der Waals surface area contributed by atoms with Gasteiger partial charge in [0.25, 0.3) is 0 Å². The number of hydrogen-bond acceptors (Lipinski definition) is 3. The molecular weight excluding hydrogens is 419 g/mol. The van der Waals surface area contributed by atoms with Gasteiger partial charge in [0, 0.05) is 18.3 Å². The molecule has 6 heteroatoms. The zero-order valence-electron chi connectivity index (χ0n) is 14.7. The summed E-state index contributed by atoms with van der Waals surface area (Å²) in [6.07, 6.45) is 9.53. The van der Waals surface area contributed by atoms with Crippen molar-refractivity contribution in [2.75, 3.05) is 45.0 Å². The summed E-state index contributed by atoms with van der Waals surface area (Å²) in [5.41, 5.74) is 0. The van der Waals surface area contributed by atoms with Crippen molar-refractivity contribution < 1.29 is 0 Å². The predicted octanol–water partition coefficient (Wildman–Crippen LogP) is 3.32. The number of likely N-dealkylation sites (tertiary alicyclic amines) is 1. The summed E-state index contributed by atoms with van der Waals surface area (Å²) in [5, 5.41) is 7.62. The molecule has 1 unspecified atom stereocenters. The van der Waals surface area contributed by atoms with Gasteiger partial charge < -0.3 is 15.5 Å². The van der Waals surface area contributed by atoms with E-state index in [4.69, 9.17) is 4.99 Å². The number of nitrogens with one attached hydrogen (secondary N) is 2. The first-order valence-corrected chi connectivity index (χ1v) is 10.3. The second-order valence-corrected chi connectivity index (χ2v) is 7.80. The second kappa shape index (κ2) is 13.6. The molecule has 0 aromatic carbocycles. The lowest BCUT2D eigenvalue weighted by Crippen LogP contribution is -2.39. The normalized spacial score (nSPS) is 23.2. The molecule has 1 atom stereocenters. The van der Waals surface area contributed by atoms with Crippen LogP contribution in [-0.2, 0) is 0 Å². The number of nitrogens with zero attached hydrogens (tertiary/aromatic N) is 2. The quantitative estimate of drug-likeness (QED) is 0.268. The first-order chi connectivity index (χ1) is 10.9. The van der Waals surface area contributed by atoms with Crippen LogP contribution < -0.4 is 10.6 Å². The van der Waals surface area contributed by atoms with E-state index < -0.39 is 0 Å². The summed E-state index contributed by atoms with van der Waals surface area (Å²) >= 11 is 2.08. The van der Waals surface area contributed by atoms with E-state index >= 15 is 0 Å². The van der Waals surface area contributed by atoms with Crippen LogP contribution in [0.1, 0.15) is 51.9 Å². The van der Waals surface area contributed by atoms with Gasteiger partial charge in [0.1, 0.15) is 0 Å². The van der Waals surface area contributed by atoms with Crippen molar-refractivity contribution in [3.63, 3.8) is 0 Å². The van der Waals surface area contributed by atoms with Crippen molar-refractivity contribution in [2.45, 2.75) is 57.1 Å². The van der Waals surface area contributed by atoms with E-state index in [0.29, 0.717) is 0 Å². The number of rotatable bonds is 7. The highest BCUT2D eigenvalue weighted by Gasteiger charge is 2.15. The van der Waals surface area contributed by atoms with Gasteiger partial charge in [-0.25, -0.2) is 0 Å². The monoisotopic (exact) mass is 454 g/mol. The largest absolute Gasteiger partial charge is 0.357 e. The third kappa shape index (κ3) is 9.39. The van der Waals surface area contributed by atoms with Crippen molar-refractivity contribution in [1.82, 2.24) is 15.5 Å². The van der Waals surface area contributed by atoms with E-state index in [-0.39, 0.29) is 24.0 Å². The van der Waals surface area contributed by atoms with Crippen LogP contribution in [-0.4, -0.2) is 61.1 Å². The molecular formula is C17H35IN4S. The lowest BCUT2D eigenvalue weighted by atomic mass is 10.2. The highest BCUT2D eigenvalue weighted by atomic mass is 127. The summed E-state index contributed by atoms with van der Waals surface area (Å²) in [7, 11) is 0. The number of aliphatic imine (C=N–C) groups is 1. The van der Waals surface area contributed by atoms with Crippen LogP contribution in [0.15, 0.2) is 4.99 Å². The Morgan fingerprint density at radius 1 is 1.13 bits per heavy atom. The van der Waals surface area contributed by atoms with Gasteiger partial charge in [-0.05, 0) is 64.4 Å². The molecule has 2 N–H and O–H groups in total. The van der Waals surface area contributed by atoms with Gasteiger partial charge in [0.15, 0.2) is 5.96 Å². The van der Waals surface area contributed by atoms with Gasteiger partial charge >= 0.3 is 0 Å². The number of guanidine groups is 1. The Balaban J connectivity index is 0.00000264. The molecule has 2 fully saturated rings. The highest BCUT2D eigenvalue weighted by Crippen LogP contribution is 2.25. The lowest BCUT2D eigenvalue weighted by molar-refractivity contribution is 0.282. The maximum Gasteiger partial charge on any atom is 0.191 e. The fourth-order valence-electron chi connectivity index (χ4n) is 3.19. The van der Waals surface area contributed by atoms with E-state index in [9.17, 15) is 0 Å². The Morgan fingerprint density at radius 2 is 1.91 bits per heavy atom. The summed E-state index contributed by atoms with van der Waals surface area (Å²) in [6.45, 7) is 8.89. The van der Waals surface area contributed by atoms with Crippen LogP contribution in [0.25, 0.3) is 0 Å². The molecule has 0 spiro atoms. The average molecular weight is 454 g/mol. The maximum atomic E-state index is 4.75. The number of hydrogen-bond donors (Lipinski definition) is 2. The molecule has 0 bridgehead atoms. The van der Waals surface area contributed by atoms with Crippen LogP contribution >= 0.6 is 35.7 Å². The van der Waals surface area contributed by atoms with Crippen LogP contribution in [0, 0.1) is 0 Å². The first kappa shape index (κ1) is 21.4. The maximum absolute atomic E-state index is 4.75. The SMILES string of the molecule is CCNC(=NCC1CCCS1)NCCCN1CCCCCC1.I. The molecule has 4 nitrogen and oxygen atoms in total. The first-order valence-electron chi connectivity index (χ1n) is 9.24. The smallest absolute Gasteiger partial charge is 0.191 e. The standard InChI is InChI=1S/C17H34N4S.HI/c1-2-18-17(20-15-16-9-7-14-22-16)19-10-8-13-21-11-5-3-4-6-12-21;/h16H,2-15H2,1H3,(H2,18,19,20);1H. The topological polar surface area (TPSA) is 39.7 Å². The molecule has 136 valence electrons. The van der Waals surface area contributed by atoms with Crippen LogP contribution in [0.2, 0.25) is 0 Å². The van der Waals surface area contributed by atoms with Gasteiger partial charge in [-0.3, -0.25) is 4.99 Å². The van der Waals surface area contributed by atoms with E-state index in [1.54, 1.807) is 0 Å². The average Bonchev–Trinajstić information content (AvgIpc) is 2.92. The Labute approximate surface area is 164 Å². The minimum atomic E-state index is 0. The van der Waals surface area contributed by atoms with Crippen LogP contribution in [0.3, 0.4) is 0 Å². The zero-order valence-corrected chi connectivity index (χ0v) is 17.8. The molecule has 0 amide bonds. The minimum absolute atomic E-state index is 0. The van der Waals surface area contributed by atoms with Gasteiger partial charge in [-0.2, -0.15) is 11.8 Å². The third-order valence-electron chi connectivity index (χ3n) is 4.46. The van der Waals surface area contributed by atoms with Crippen molar-refractivity contribution in [3.05, 3.63) is 0 Å². The summed E-state index contributed by atoms with van der Waals surface area (Å²) in [5.74, 6) is 2.32. The van der Waals surface area contributed by atoms with Gasteiger partial charge in [0.2, 0.25) is 0 Å². The molecule has 2 rings (SSSR count). The molecule has 2 aliphatic rings. The molecule has 0 aliphatic carbocycles. The molecule has 0 aromatic rings. The predicted molar refractivity (Wildman–Crippen MR) is 114 cm³/mol. The molecule has 0 radical (unpaired) electrons. The van der Waals surface area contributed by atoms with E-state index in [1.165, 1.54) is 70.3 Å². The molecule has 2 heterocycles. The molecule has 2 aliphatic heterocycles. The molecule has 0 aromatic heterocycles. The summed E-state index contributed by atoms with van der Waals surface area (Å²) < 4.78 is 0. The minimum Gasteiger partial charge on any atom is -0.357 e. The van der Waals surface area contributed by atoms with Crippen molar-refractivity contribution >= 4 is 41.7 Å². The molecule has 23 heavy (non-hydrogen) atoms. The fraction of sp³-hybridized carbons (Fsp3) is 0.941. The Bertz CT molecular complexity index is 314. The lowest BCUT2D eigenvalue weighted by Gasteiger charge is -2.20. The van der Waals surface area contributed by atoms with E-state index in [2.05, 4.69) is 34.2 Å². The molecule has 2 saturated heterocycles. The van der Waals surface area contributed by atoms with Gasteiger partial charge in [0.05, 0.1) is 6.54 Å². The Morgan fingerprint density at radius 3 is 2.57 bits per heavy atom. The van der Waals surface area contributed by atoms with Crippen molar-refractivity contribution in [1.29, 1.82) is 0 Å². The van der Waals surface area contributed by atoms with Crippen LogP contribution in [0.4, 0.5) is 0 Å². The number of thioether (sulfide) groups is 1. The Kier molecular flexibility index (Phi) is 12.6. The third-order valence-corrected chi connectivity index (χ3v) is 5.84.